The summed E-state index contributed by atoms with van der Waals surface area (Å²) in [5.74, 6) is 0. The van der Waals surface area contributed by atoms with Crippen LogP contribution >= 0.6 is 0 Å². The van der Waals surface area contributed by atoms with Gasteiger partial charge in [0, 0.05) is 49.4 Å². The van der Waals surface area contributed by atoms with E-state index in [2.05, 4.69) is 281 Å². The summed E-state index contributed by atoms with van der Waals surface area (Å²) in [6, 6.07) is 101. The molecule has 3 aromatic heterocycles. The van der Waals surface area contributed by atoms with Crippen molar-refractivity contribution >= 4 is 82.3 Å². The highest BCUT2D eigenvalue weighted by Gasteiger charge is 2.51. The van der Waals surface area contributed by atoms with E-state index in [0.717, 1.165) is 106 Å². The van der Waals surface area contributed by atoms with Gasteiger partial charge >= 0.3 is 0 Å². The molecule has 0 unspecified atom stereocenters. The zero-order chi connectivity index (χ0) is 51.9. The van der Waals surface area contributed by atoms with Gasteiger partial charge in [-0.1, -0.05) is 170 Å². The van der Waals surface area contributed by atoms with Crippen molar-refractivity contribution in [3.8, 4) is 39.3 Å². The minimum absolute atomic E-state index is 0.0199. The summed E-state index contributed by atoms with van der Waals surface area (Å²) in [5, 5.41) is 7.51. The maximum atomic E-state index is 15.3. The van der Waals surface area contributed by atoms with E-state index in [1.54, 1.807) is 0 Å². The maximum absolute atomic E-state index is 15.3. The first-order chi connectivity index (χ1) is 39.1. The monoisotopic (exact) mass is 1010 g/mol. The summed E-state index contributed by atoms with van der Waals surface area (Å²) >= 11 is 0. The molecule has 2 aliphatic heterocycles. The van der Waals surface area contributed by atoms with Crippen molar-refractivity contribution in [2.45, 2.75) is 5.41 Å². The van der Waals surface area contributed by atoms with Gasteiger partial charge in [0.15, 0.2) is 0 Å². The van der Waals surface area contributed by atoms with Crippen LogP contribution in [0, 0.1) is 0 Å². The zero-order valence-corrected chi connectivity index (χ0v) is 42.8. The first-order valence-corrected chi connectivity index (χ1v) is 27.1. The molecule has 12 aromatic carbocycles. The molecule has 2 aliphatic rings. The van der Waals surface area contributed by atoms with E-state index < -0.39 is 5.41 Å². The number of fused-ring (bicyclic) bond motifs is 16. The summed E-state index contributed by atoms with van der Waals surface area (Å²) in [7, 11) is 0. The summed E-state index contributed by atoms with van der Waals surface area (Å²) in [4.78, 5) is 17.8. The predicted molar refractivity (Wildman–Crippen MR) is 327 cm³/mol. The van der Waals surface area contributed by atoms with E-state index in [4.69, 9.17) is 0 Å². The van der Waals surface area contributed by atoms with Gasteiger partial charge < -0.3 is 14.0 Å². The molecule has 0 atom stereocenters. The highest BCUT2D eigenvalue weighted by atomic mass is 16.1. The summed E-state index contributed by atoms with van der Waals surface area (Å²) in [6.45, 7) is 0. The maximum Gasteiger partial charge on any atom is 0.263 e. The van der Waals surface area contributed by atoms with E-state index in [-0.39, 0.29) is 5.56 Å². The van der Waals surface area contributed by atoms with Crippen LogP contribution in [0.3, 0.4) is 0 Å². The molecule has 368 valence electrons. The van der Waals surface area contributed by atoms with Gasteiger partial charge in [-0.05, 0) is 159 Å². The van der Waals surface area contributed by atoms with Crippen molar-refractivity contribution < 1.29 is 0 Å². The third kappa shape index (κ3) is 6.01. The number of hydrogen-bond donors (Lipinski definition) is 0. The molecule has 5 heterocycles. The number of para-hydroxylation sites is 7. The molecule has 0 fully saturated rings. The van der Waals surface area contributed by atoms with Crippen LogP contribution in [-0.2, 0) is 5.41 Å². The quantitative estimate of drug-likeness (QED) is 0.161. The lowest BCUT2D eigenvalue weighted by Gasteiger charge is -2.49. The van der Waals surface area contributed by atoms with E-state index in [1.165, 1.54) is 32.6 Å². The van der Waals surface area contributed by atoms with Gasteiger partial charge in [-0.3, -0.25) is 9.36 Å². The van der Waals surface area contributed by atoms with Crippen molar-refractivity contribution in [1.29, 1.82) is 0 Å². The standard InChI is InChI=1S/C74H46N4O/c79-73-58-28-11-10-25-54(58)57-29-18-31-62-72(57)78(73)69-34-17-14-30-61(69)74(62)63-45-49(47-35-39-67-59(43-47)55-26-12-15-32-65(55)75(67)51-19-4-1-5-20-51)37-41-70(63)77(53-23-8-3-9-24-53)71-42-38-50(46-64(71)74)48-36-40-68-60(44-48)56-27-13-16-33-66(56)76(68)52-21-6-2-7-22-52/h1-46H. The Hall–Kier alpha value is -10.5. The van der Waals surface area contributed by atoms with Gasteiger partial charge in [0.1, 0.15) is 0 Å². The van der Waals surface area contributed by atoms with Crippen molar-refractivity contribution in [3.05, 3.63) is 312 Å². The third-order valence-electron chi connectivity index (χ3n) is 17.2. The topological polar surface area (TPSA) is 35.1 Å². The molecule has 5 nitrogen and oxygen atoms in total. The molecule has 0 amide bonds. The number of hydrogen-bond acceptors (Lipinski definition) is 2. The molecule has 17 rings (SSSR count). The first kappa shape index (κ1) is 43.7. The smallest absolute Gasteiger partial charge is 0.263 e. The molecule has 0 radical (unpaired) electrons. The molecular weight excluding hydrogens is 961 g/mol. The van der Waals surface area contributed by atoms with Gasteiger partial charge in [-0.15, -0.1) is 0 Å². The van der Waals surface area contributed by atoms with Gasteiger partial charge in [0.25, 0.3) is 5.56 Å². The highest BCUT2D eigenvalue weighted by Crippen LogP contribution is 2.62. The first-order valence-electron chi connectivity index (χ1n) is 27.1. The second-order valence-electron chi connectivity index (χ2n) is 21.1. The van der Waals surface area contributed by atoms with Crippen LogP contribution in [-0.4, -0.2) is 13.7 Å². The number of aromatic nitrogens is 3. The number of pyridine rings is 1. The molecule has 79 heavy (non-hydrogen) atoms. The SMILES string of the molecule is O=c1c2ccccc2c2cccc3c2n1-c1ccccc1C31c2cc(-c3ccc4c(c3)c3ccccc3n4-c3ccccc3)ccc2N(c2ccccc2)c2ccc(-c3ccc4c(c3)c3ccccc3n4-c3ccccc3)cc21. The average molecular weight is 1010 g/mol. The van der Waals surface area contributed by atoms with Gasteiger partial charge in [-0.25, -0.2) is 0 Å². The van der Waals surface area contributed by atoms with Crippen molar-refractivity contribution in [3.63, 3.8) is 0 Å². The molecular formula is C74H46N4O. The number of nitrogens with zero attached hydrogens (tertiary/aromatic N) is 4. The Balaban J connectivity index is 0.985. The summed E-state index contributed by atoms with van der Waals surface area (Å²) < 4.78 is 6.77. The van der Waals surface area contributed by atoms with Crippen LogP contribution in [0.4, 0.5) is 17.1 Å². The lowest BCUT2D eigenvalue weighted by atomic mass is 9.60. The molecule has 0 N–H and O–H groups in total. The highest BCUT2D eigenvalue weighted by molar-refractivity contribution is 6.13. The van der Waals surface area contributed by atoms with Crippen LogP contribution in [0.2, 0.25) is 0 Å². The second-order valence-corrected chi connectivity index (χ2v) is 21.1. The summed E-state index contributed by atoms with van der Waals surface area (Å²) in [6.07, 6.45) is 0. The van der Waals surface area contributed by atoms with Crippen molar-refractivity contribution in [2.24, 2.45) is 0 Å². The summed E-state index contributed by atoms with van der Waals surface area (Å²) in [5.41, 5.74) is 19.9. The Morgan fingerprint density at radius 3 is 1.24 bits per heavy atom. The van der Waals surface area contributed by atoms with Crippen molar-refractivity contribution in [2.75, 3.05) is 4.90 Å². The Morgan fingerprint density at radius 1 is 0.253 bits per heavy atom. The molecule has 0 bridgehead atoms. The van der Waals surface area contributed by atoms with Crippen LogP contribution in [0.5, 0.6) is 0 Å². The molecule has 0 aliphatic carbocycles. The zero-order valence-electron chi connectivity index (χ0n) is 42.8. The van der Waals surface area contributed by atoms with E-state index in [0.29, 0.717) is 5.39 Å². The van der Waals surface area contributed by atoms with E-state index in [9.17, 15) is 0 Å². The normalized spacial score (nSPS) is 13.2. The predicted octanol–water partition coefficient (Wildman–Crippen LogP) is 18.2. The van der Waals surface area contributed by atoms with Gasteiger partial charge in [0.2, 0.25) is 0 Å². The Kier molecular flexibility index (Phi) is 9.13. The lowest BCUT2D eigenvalue weighted by molar-refractivity contribution is 0.709. The molecule has 0 saturated carbocycles. The minimum Gasteiger partial charge on any atom is -0.310 e. The molecule has 15 aromatic rings. The fourth-order valence-corrected chi connectivity index (χ4v) is 13.9. The number of rotatable bonds is 5. The van der Waals surface area contributed by atoms with Crippen LogP contribution in [0.15, 0.2) is 284 Å². The average Bonchev–Trinajstić information content (AvgIpc) is 2.73. The van der Waals surface area contributed by atoms with Crippen LogP contribution < -0.4 is 10.5 Å². The van der Waals surface area contributed by atoms with E-state index in [1.807, 2.05) is 16.7 Å². The van der Waals surface area contributed by atoms with Crippen LogP contribution in [0.25, 0.3) is 105 Å². The molecule has 1 spiro atoms. The Bertz CT molecular complexity index is 4900. The fourth-order valence-electron chi connectivity index (χ4n) is 13.9. The lowest BCUT2D eigenvalue weighted by Crippen LogP contribution is -2.42. The minimum atomic E-state index is -0.923. The molecule has 0 saturated heterocycles. The fraction of sp³-hybridized carbons (Fsp3) is 0.0135. The van der Waals surface area contributed by atoms with Crippen molar-refractivity contribution in [1.82, 2.24) is 13.7 Å². The number of anilines is 3. The third-order valence-corrected chi connectivity index (χ3v) is 17.2. The van der Waals surface area contributed by atoms with E-state index >= 15 is 4.79 Å². The van der Waals surface area contributed by atoms with Crippen LogP contribution in [0.1, 0.15) is 22.3 Å². The van der Waals surface area contributed by atoms with Gasteiger partial charge in [-0.2, -0.15) is 0 Å². The largest absolute Gasteiger partial charge is 0.310 e. The Morgan fingerprint density at radius 2 is 0.671 bits per heavy atom. The molecule has 5 heteroatoms. The second kappa shape index (κ2) is 16.5. The Labute approximate surface area is 455 Å². The number of benzene rings is 12. The van der Waals surface area contributed by atoms with Gasteiger partial charge in [0.05, 0.1) is 50.1 Å².